The average molecular weight is 298 g/mol. The van der Waals surface area contributed by atoms with Crippen LogP contribution in [0.2, 0.25) is 0 Å². The molecule has 1 aromatic carbocycles. The number of carboxylic acids is 1. The van der Waals surface area contributed by atoms with Gasteiger partial charge in [0.2, 0.25) is 0 Å². The van der Waals surface area contributed by atoms with Crippen LogP contribution in [-0.2, 0) is 16.0 Å². The Kier molecular flexibility index (Phi) is 6.73. The summed E-state index contributed by atoms with van der Waals surface area (Å²) in [5, 5.41) is 23.0. The minimum absolute atomic E-state index is 0.179. The Balaban J connectivity index is 2.81. The van der Waals surface area contributed by atoms with Crippen molar-refractivity contribution in [3.8, 4) is 0 Å². The molecule has 8 heteroatoms. The molecule has 0 aromatic heterocycles. The third-order valence-corrected chi connectivity index (χ3v) is 2.91. The number of nitro benzene ring substituents is 1. The summed E-state index contributed by atoms with van der Waals surface area (Å²) >= 11 is 0. The molecule has 0 bridgehead atoms. The van der Waals surface area contributed by atoms with Crippen molar-refractivity contribution in [2.24, 2.45) is 0 Å². The number of ether oxygens (including phenoxy) is 2. The van der Waals surface area contributed by atoms with E-state index in [9.17, 15) is 14.9 Å². The molecule has 0 spiro atoms. The molecular formula is C13H18N2O6. The van der Waals surface area contributed by atoms with Gasteiger partial charge >= 0.3 is 5.97 Å². The summed E-state index contributed by atoms with van der Waals surface area (Å²) in [6.07, 6.45) is -0.179. The highest BCUT2D eigenvalue weighted by Gasteiger charge is 2.23. The van der Waals surface area contributed by atoms with Crippen LogP contribution in [0.3, 0.4) is 0 Å². The summed E-state index contributed by atoms with van der Waals surface area (Å²) in [6.45, 7) is 1.02. The number of methoxy groups -OCH3 is 2. The second kappa shape index (κ2) is 8.30. The lowest BCUT2D eigenvalue weighted by Gasteiger charge is -2.15. The van der Waals surface area contributed by atoms with Crippen molar-refractivity contribution >= 4 is 11.7 Å². The van der Waals surface area contributed by atoms with Gasteiger partial charge in [-0.2, -0.15) is 0 Å². The van der Waals surface area contributed by atoms with E-state index < -0.39 is 16.6 Å². The van der Waals surface area contributed by atoms with Crippen LogP contribution >= 0.6 is 0 Å². The van der Waals surface area contributed by atoms with Crippen LogP contribution in [0.25, 0.3) is 0 Å². The van der Waals surface area contributed by atoms with Crippen LogP contribution in [0.1, 0.15) is 15.9 Å². The van der Waals surface area contributed by atoms with Crippen molar-refractivity contribution in [2.45, 2.75) is 12.6 Å². The molecule has 1 aromatic rings. The molecule has 0 heterocycles. The number of carboxylic acid groups (broad SMARTS) is 1. The first-order valence-electron chi connectivity index (χ1n) is 6.23. The predicted octanol–water partition coefficient (Wildman–Crippen LogP) is 1.04. The molecule has 8 nitrogen and oxygen atoms in total. The highest BCUT2D eigenvalue weighted by atomic mass is 16.6. The van der Waals surface area contributed by atoms with E-state index in [1.807, 2.05) is 0 Å². The number of benzene rings is 1. The summed E-state index contributed by atoms with van der Waals surface area (Å²) in [5.74, 6) is -1.32. The summed E-state index contributed by atoms with van der Waals surface area (Å²) in [6, 6.07) is 4.18. The number of aromatic carboxylic acids is 1. The van der Waals surface area contributed by atoms with Crippen LogP contribution in [0.15, 0.2) is 18.2 Å². The van der Waals surface area contributed by atoms with Crippen LogP contribution in [-0.4, -0.2) is 49.5 Å². The fourth-order valence-corrected chi connectivity index (χ4v) is 1.90. The maximum atomic E-state index is 11.2. The third-order valence-electron chi connectivity index (χ3n) is 2.91. The molecule has 0 aliphatic rings. The SMILES string of the molecule is COCC(CNCc1cccc([N+](=O)[O-])c1C(=O)O)OC. The summed E-state index contributed by atoms with van der Waals surface area (Å²) in [7, 11) is 3.09. The molecule has 116 valence electrons. The van der Waals surface area contributed by atoms with Crippen LogP contribution < -0.4 is 5.32 Å². The van der Waals surface area contributed by atoms with Gasteiger partial charge in [-0.3, -0.25) is 10.1 Å². The van der Waals surface area contributed by atoms with E-state index in [0.29, 0.717) is 18.7 Å². The minimum atomic E-state index is -1.32. The lowest BCUT2D eigenvalue weighted by molar-refractivity contribution is -0.385. The van der Waals surface area contributed by atoms with Gasteiger partial charge in [-0.25, -0.2) is 4.79 Å². The van der Waals surface area contributed by atoms with E-state index in [1.54, 1.807) is 20.3 Å². The Morgan fingerprint density at radius 1 is 1.48 bits per heavy atom. The Bertz CT molecular complexity index is 505. The first-order valence-corrected chi connectivity index (χ1v) is 6.23. The molecule has 0 amide bonds. The van der Waals surface area contributed by atoms with Gasteiger partial charge in [-0.1, -0.05) is 12.1 Å². The standard InChI is InChI=1S/C13H18N2O6/c1-20-8-10(21-2)7-14-6-9-4-3-5-11(15(18)19)12(9)13(16)17/h3-5,10,14H,6-8H2,1-2H3,(H,16,17). The third kappa shape index (κ3) is 4.78. The topological polar surface area (TPSA) is 111 Å². The van der Waals surface area contributed by atoms with Gasteiger partial charge in [0, 0.05) is 33.4 Å². The average Bonchev–Trinajstić information content (AvgIpc) is 2.45. The Morgan fingerprint density at radius 2 is 2.19 bits per heavy atom. The molecule has 0 fully saturated rings. The number of nitrogens with zero attached hydrogens (tertiary/aromatic N) is 1. The quantitative estimate of drug-likeness (QED) is 0.517. The number of hydrogen-bond donors (Lipinski definition) is 2. The van der Waals surface area contributed by atoms with Gasteiger partial charge in [0.15, 0.2) is 0 Å². The maximum Gasteiger partial charge on any atom is 0.343 e. The molecule has 1 unspecified atom stereocenters. The summed E-state index contributed by atoms with van der Waals surface area (Å²) in [5.41, 5.74) is -0.360. The molecule has 0 radical (unpaired) electrons. The zero-order valence-electron chi connectivity index (χ0n) is 11.9. The number of nitro groups is 1. The number of nitrogens with one attached hydrogen (secondary N) is 1. The van der Waals surface area contributed by atoms with Gasteiger partial charge in [0.1, 0.15) is 5.56 Å². The normalized spacial score (nSPS) is 12.1. The number of rotatable bonds is 9. The predicted molar refractivity (Wildman–Crippen MR) is 74.4 cm³/mol. The zero-order chi connectivity index (χ0) is 15.8. The van der Waals surface area contributed by atoms with E-state index in [0.717, 1.165) is 0 Å². The summed E-state index contributed by atoms with van der Waals surface area (Å²) < 4.78 is 10.1. The van der Waals surface area contributed by atoms with Crippen molar-refractivity contribution in [3.63, 3.8) is 0 Å². The van der Waals surface area contributed by atoms with Crippen molar-refractivity contribution in [1.82, 2.24) is 5.32 Å². The van der Waals surface area contributed by atoms with Crippen LogP contribution in [0.4, 0.5) is 5.69 Å². The van der Waals surface area contributed by atoms with Crippen molar-refractivity contribution < 1.29 is 24.3 Å². The minimum Gasteiger partial charge on any atom is -0.477 e. The molecule has 2 N–H and O–H groups in total. The van der Waals surface area contributed by atoms with E-state index in [2.05, 4.69) is 5.32 Å². The van der Waals surface area contributed by atoms with Crippen LogP contribution in [0, 0.1) is 10.1 Å². The fraction of sp³-hybridized carbons (Fsp3) is 0.462. The second-order valence-corrected chi connectivity index (χ2v) is 4.32. The fourth-order valence-electron chi connectivity index (χ4n) is 1.90. The van der Waals surface area contributed by atoms with Gasteiger partial charge in [-0.05, 0) is 5.56 Å². The van der Waals surface area contributed by atoms with E-state index in [4.69, 9.17) is 14.6 Å². The van der Waals surface area contributed by atoms with E-state index >= 15 is 0 Å². The molecule has 0 aliphatic heterocycles. The molecular weight excluding hydrogens is 280 g/mol. The molecule has 0 saturated heterocycles. The van der Waals surface area contributed by atoms with Gasteiger partial charge in [0.25, 0.3) is 5.69 Å². The lowest BCUT2D eigenvalue weighted by atomic mass is 10.1. The Morgan fingerprint density at radius 3 is 2.71 bits per heavy atom. The zero-order valence-corrected chi connectivity index (χ0v) is 11.9. The molecule has 21 heavy (non-hydrogen) atoms. The van der Waals surface area contributed by atoms with Gasteiger partial charge in [-0.15, -0.1) is 0 Å². The van der Waals surface area contributed by atoms with Crippen molar-refractivity contribution in [1.29, 1.82) is 0 Å². The second-order valence-electron chi connectivity index (χ2n) is 4.32. The largest absolute Gasteiger partial charge is 0.477 e. The number of carbonyl (C=O) groups is 1. The molecule has 0 aliphatic carbocycles. The first-order chi connectivity index (χ1) is 10.0. The lowest BCUT2D eigenvalue weighted by Crippen LogP contribution is -2.31. The maximum absolute atomic E-state index is 11.2. The highest BCUT2D eigenvalue weighted by Crippen LogP contribution is 2.22. The van der Waals surface area contributed by atoms with E-state index in [-0.39, 0.29) is 18.2 Å². The van der Waals surface area contributed by atoms with Gasteiger partial charge in [0.05, 0.1) is 17.6 Å². The molecule has 1 atom stereocenters. The monoisotopic (exact) mass is 298 g/mol. The Hall–Kier alpha value is -2.03. The molecule has 0 saturated carbocycles. The van der Waals surface area contributed by atoms with Crippen molar-refractivity contribution in [3.05, 3.63) is 39.4 Å². The van der Waals surface area contributed by atoms with Crippen molar-refractivity contribution in [2.75, 3.05) is 27.4 Å². The van der Waals surface area contributed by atoms with E-state index in [1.165, 1.54) is 12.1 Å². The Labute approximate surface area is 121 Å². The molecule has 1 rings (SSSR count). The smallest absolute Gasteiger partial charge is 0.343 e. The number of hydrogen-bond acceptors (Lipinski definition) is 6. The van der Waals surface area contributed by atoms with Crippen LogP contribution in [0.5, 0.6) is 0 Å². The van der Waals surface area contributed by atoms with Gasteiger partial charge < -0.3 is 19.9 Å². The first kappa shape index (κ1) is 17.0. The summed E-state index contributed by atoms with van der Waals surface area (Å²) in [4.78, 5) is 21.4. The highest BCUT2D eigenvalue weighted by molar-refractivity contribution is 5.94.